The van der Waals surface area contributed by atoms with E-state index in [-0.39, 0.29) is 22.5 Å². The number of rotatable bonds is 4. The Morgan fingerprint density at radius 2 is 1.75 bits per heavy atom. The molecule has 0 spiro atoms. The van der Waals surface area contributed by atoms with Gasteiger partial charge in [-0.15, -0.1) is 0 Å². The molecule has 0 aliphatic carbocycles. The highest BCUT2D eigenvalue weighted by Gasteiger charge is 2.40. The Morgan fingerprint density at radius 1 is 1.03 bits per heavy atom. The van der Waals surface area contributed by atoms with Crippen LogP contribution in [0, 0.1) is 17.0 Å². The molecule has 10 nitrogen and oxygen atoms in total. The number of carbonyl (C=O) groups is 2. The number of amides is 2. The van der Waals surface area contributed by atoms with E-state index in [2.05, 4.69) is 10.1 Å². The molecule has 1 aliphatic rings. The number of nitro benzene ring substituents is 1. The summed E-state index contributed by atoms with van der Waals surface area (Å²) < 4.78 is 7.00. The molecule has 0 saturated heterocycles. The number of nitro groups is 1. The molecule has 3 heterocycles. The molecule has 0 bridgehead atoms. The topological polar surface area (TPSA) is 120 Å². The van der Waals surface area contributed by atoms with Crippen molar-refractivity contribution >= 4 is 34.2 Å². The number of imide groups is 1. The smallest absolute Gasteiger partial charge is 0.269 e. The molecular weight excluding hydrogens is 414 g/mol. The van der Waals surface area contributed by atoms with Gasteiger partial charge in [-0.2, -0.15) is 5.10 Å². The monoisotopic (exact) mass is 429 g/mol. The van der Waals surface area contributed by atoms with Crippen LogP contribution in [0.4, 0.5) is 11.4 Å². The second-order valence-electron chi connectivity index (χ2n) is 7.13. The number of aromatic nitrogens is 3. The predicted octanol–water partition coefficient (Wildman–Crippen LogP) is 3.45. The third kappa shape index (κ3) is 2.66. The van der Waals surface area contributed by atoms with Crippen LogP contribution in [0.5, 0.6) is 5.75 Å². The van der Waals surface area contributed by atoms with Gasteiger partial charge < -0.3 is 4.74 Å². The number of fused-ring (bicyclic) bond motifs is 3. The standard InChI is InChI=1S/C22H15N5O5/c1-12-18-19-15(11-23-20(18)26(24-12)16-5-3-4-6-17(16)32-2)21(28)25(22(19)29)13-7-9-14(10-8-13)27(30)31/h3-11H,1-2H3. The summed E-state index contributed by atoms with van der Waals surface area (Å²) in [5, 5.41) is 15.9. The molecule has 4 aromatic rings. The fraction of sp³-hybridized carbons (Fsp3) is 0.0909. The zero-order chi connectivity index (χ0) is 22.6. The highest BCUT2D eigenvalue weighted by molar-refractivity contribution is 6.37. The van der Waals surface area contributed by atoms with Gasteiger partial charge in [-0.3, -0.25) is 19.7 Å². The number of anilines is 1. The van der Waals surface area contributed by atoms with Gasteiger partial charge in [0.2, 0.25) is 0 Å². The molecule has 2 aromatic carbocycles. The Kier molecular flexibility index (Phi) is 4.22. The normalized spacial score (nSPS) is 13.0. The maximum atomic E-state index is 13.3. The first-order chi connectivity index (χ1) is 15.4. The first-order valence-electron chi connectivity index (χ1n) is 9.57. The summed E-state index contributed by atoms with van der Waals surface area (Å²) in [4.78, 5) is 42.2. The van der Waals surface area contributed by atoms with Gasteiger partial charge in [-0.25, -0.2) is 14.6 Å². The van der Waals surface area contributed by atoms with Crippen LogP contribution in [0.3, 0.4) is 0 Å². The third-order valence-electron chi connectivity index (χ3n) is 5.35. The highest BCUT2D eigenvalue weighted by Crippen LogP contribution is 2.36. The number of methoxy groups -OCH3 is 1. The van der Waals surface area contributed by atoms with Gasteiger partial charge in [0.1, 0.15) is 11.4 Å². The van der Waals surface area contributed by atoms with E-state index in [1.807, 2.05) is 18.2 Å². The zero-order valence-corrected chi connectivity index (χ0v) is 17.0. The largest absolute Gasteiger partial charge is 0.494 e. The molecule has 5 rings (SSSR count). The lowest BCUT2D eigenvalue weighted by Crippen LogP contribution is -2.29. The van der Waals surface area contributed by atoms with Crippen LogP contribution in [-0.2, 0) is 0 Å². The lowest BCUT2D eigenvalue weighted by molar-refractivity contribution is -0.384. The van der Waals surface area contributed by atoms with E-state index in [9.17, 15) is 19.7 Å². The van der Waals surface area contributed by atoms with Crippen LogP contribution >= 0.6 is 0 Å². The van der Waals surface area contributed by atoms with E-state index in [1.54, 1.807) is 24.8 Å². The van der Waals surface area contributed by atoms with Crippen molar-refractivity contribution in [3.8, 4) is 11.4 Å². The molecule has 10 heteroatoms. The van der Waals surface area contributed by atoms with Crippen LogP contribution < -0.4 is 9.64 Å². The van der Waals surface area contributed by atoms with E-state index in [4.69, 9.17) is 4.74 Å². The number of benzene rings is 2. The Morgan fingerprint density at radius 3 is 2.44 bits per heavy atom. The summed E-state index contributed by atoms with van der Waals surface area (Å²) in [6.07, 6.45) is 1.36. The molecule has 0 saturated carbocycles. The van der Waals surface area contributed by atoms with Gasteiger partial charge in [-0.05, 0) is 31.2 Å². The van der Waals surface area contributed by atoms with Gasteiger partial charge in [0.15, 0.2) is 5.65 Å². The number of nitrogens with zero attached hydrogens (tertiary/aromatic N) is 5. The maximum absolute atomic E-state index is 13.3. The van der Waals surface area contributed by atoms with Gasteiger partial charge in [-0.1, -0.05) is 12.1 Å². The molecule has 2 amide bonds. The minimum absolute atomic E-state index is 0.136. The first kappa shape index (κ1) is 19.4. The van der Waals surface area contributed by atoms with E-state index < -0.39 is 16.7 Å². The van der Waals surface area contributed by atoms with Crippen molar-refractivity contribution in [2.45, 2.75) is 6.92 Å². The maximum Gasteiger partial charge on any atom is 0.269 e. The van der Waals surface area contributed by atoms with Crippen molar-refractivity contribution in [1.29, 1.82) is 0 Å². The molecule has 32 heavy (non-hydrogen) atoms. The quantitative estimate of drug-likeness (QED) is 0.277. The minimum atomic E-state index is -0.546. The van der Waals surface area contributed by atoms with Crippen LogP contribution in [0.1, 0.15) is 26.4 Å². The second-order valence-corrected chi connectivity index (χ2v) is 7.13. The average molecular weight is 429 g/mol. The number of non-ortho nitro benzene ring substituents is 1. The number of aryl methyl sites for hydroxylation is 1. The van der Waals surface area contributed by atoms with Gasteiger partial charge in [0.25, 0.3) is 17.5 Å². The molecule has 158 valence electrons. The predicted molar refractivity (Wildman–Crippen MR) is 114 cm³/mol. The lowest BCUT2D eigenvalue weighted by Gasteiger charge is -2.13. The second kappa shape index (κ2) is 6.98. The number of hydrogen-bond acceptors (Lipinski definition) is 7. The van der Waals surface area contributed by atoms with Crippen molar-refractivity contribution in [2.24, 2.45) is 0 Å². The third-order valence-corrected chi connectivity index (χ3v) is 5.35. The fourth-order valence-electron chi connectivity index (χ4n) is 3.89. The van der Waals surface area contributed by atoms with Gasteiger partial charge in [0, 0.05) is 18.3 Å². The van der Waals surface area contributed by atoms with E-state index in [0.29, 0.717) is 28.2 Å². The molecule has 2 aromatic heterocycles. The molecule has 0 fully saturated rings. The van der Waals surface area contributed by atoms with E-state index in [1.165, 1.54) is 30.5 Å². The Bertz CT molecular complexity index is 1440. The van der Waals surface area contributed by atoms with Gasteiger partial charge in [0.05, 0.1) is 39.9 Å². The fourth-order valence-corrected chi connectivity index (χ4v) is 3.89. The Labute approximate surface area is 180 Å². The van der Waals surface area contributed by atoms with Crippen molar-refractivity contribution in [3.63, 3.8) is 0 Å². The van der Waals surface area contributed by atoms with Crippen LogP contribution in [0.25, 0.3) is 16.7 Å². The summed E-state index contributed by atoms with van der Waals surface area (Å²) in [6, 6.07) is 12.5. The van der Waals surface area contributed by atoms with Crippen molar-refractivity contribution in [2.75, 3.05) is 12.0 Å². The van der Waals surface area contributed by atoms with Crippen molar-refractivity contribution in [1.82, 2.24) is 14.8 Å². The number of carbonyl (C=O) groups excluding carboxylic acids is 2. The lowest BCUT2D eigenvalue weighted by atomic mass is 10.1. The summed E-state index contributed by atoms with van der Waals surface area (Å²) in [7, 11) is 1.55. The van der Waals surface area contributed by atoms with Crippen LogP contribution in [0.2, 0.25) is 0 Å². The Balaban J connectivity index is 1.67. The molecule has 0 atom stereocenters. The minimum Gasteiger partial charge on any atom is -0.494 e. The number of pyridine rings is 1. The van der Waals surface area contributed by atoms with E-state index in [0.717, 1.165) is 4.90 Å². The van der Waals surface area contributed by atoms with Gasteiger partial charge >= 0.3 is 0 Å². The average Bonchev–Trinajstić information content (AvgIpc) is 3.27. The Hall–Kier alpha value is -4.60. The molecule has 0 radical (unpaired) electrons. The number of para-hydroxylation sites is 2. The number of ether oxygens (including phenoxy) is 1. The summed E-state index contributed by atoms with van der Waals surface area (Å²) in [6.45, 7) is 1.74. The van der Waals surface area contributed by atoms with Crippen LogP contribution in [0.15, 0.2) is 54.7 Å². The van der Waals surface area contributed by atoms with Crippen LogP contribution in [-0.4, -0.2) is 38.6 Å². The SMILES string of the molecule is COc1ccccc1-n1nc(C)c2c3c(cnc21)C(=O)N(c1ccc([N+](=O)[O-])cc1)C3=O. The zero-order valence-electron chi connectivity index (χ0n) is 17.0. The summed E-state index contributed by atoms with van der Waals surface area (Å²) >= 11 is 0. The number of hydrogen-bond donors (Lipinski definition) is 0. The summed E-state index contributed by atoms with van der Waals surface area (Å²) in [5.74, 6) is -0.499. The van der Waals surface area contributed by atoms with Crippen molar-refractivity contribution in [3.05, 3.63) is 81.7 Å². The molecular formula is C22H15N5O5. The molecule has 0 unspecified atom stereocenters. The first-order valence-corrected chi connectivity index (χ1v) is 9.57. The molecule has 0 N–H and O–H groups in total. The van der Waals surface area contributed by atoms with Crippen molar-refractivity contribution < 1.29 is 19.2 Å². The van der Waals surface area contributed by atoms with E-state index >= 15 is 0 Å². The summed E-state index contributed by atoms with van der Waals surface area (Å²) in [5.41, 5.74) is 2.05. The molecule has 1 aliphatic heterocycles. The highest BCUT2D eigenvalue weighted by atomic mass is 16.6.